The number of carbonyl (C=O) groups excluding carboxylic acids is 1. The van der Waals surface area contributed by atoms with Gasteiger partial charge in [0.05, 0.1) is 23.1 Å². The van der Waals surface area contributed by atoms with E-state index in [1.807, 2.05) is 37.3 Å². The molecular weight excluding hydrogens is 345 g/mol. The summed E-state index contributed by atoms with van der Waals surface area (Å²) < 4.78 is 1.69. The molecule has 2 aromatic carbocycles. The molecule has 24 heavy (non-hydrogen) atoms. The van der Waals surface area contributed by atoms with Crippen molar-refractivity contribution >= 4 is 29.1 Å². The maximum absolute atomic E-state index is 12.4. The minimum atomic E-state index is -0.180. The third-order valence-electron chi connectivity index (χ3n) is 3.65. The van der Waals surface area contributed by atoms with Crippen LogP contribution < -0.4 is 5.32 Å². The lowest BCUT2D eigenvalue weighted by Crippen LogP contribution is -2.23. The lowest BCUT2D eigenvalue weighted by molar-refractivity contribution is 0.0950. The molecule has 1 aromatic heterocycles. The second-order valence-electron chi connectivity index (χ2n) is 5.35. The third-order valence-corrected chi connectivity index (χ3v) is 4.12. The van der Waals surface area contributed by atoms with Gasteiger partial charge in [0.15, 0.2) is 0 Å². The minimum absolute atomic E-state index is 0.180. The Kier molecular flexibility index (Phi) is 4.88. The van der Waals surface area contributed by atoms with E-state index < -0.39 is 0 Å². The summed E-state index contributed by atoms with van der Waals surface area (Å²) in [7, 11) is 0. The first kappa shape index (κ1) is 16.6. The summed E-state index contributed by atoms with van der Waals surface area (Å²) in [5.74, 6) is -0.180. The normalized spacial score (nSPS) is 10.6. The Morgan fingerprint density at radius 1 is 1.12 bits per heavy atom. The van der Waals surface area contributed by atoms with E-state index in [0.29, 0.717) is 22.2 Å². The van der Waals surface area contributed by atoms with Crippen LogP contribution in [0.2, 0.25) is 10.0 Å². The molecule has 3 rings (SSSR count). The molecule has 1 heterocycles. The van der Waals surface area contributed by atoms with E-state index in [0.717, 1.165) is 16.9 Å². The van der Waals surface area contributed by atoms with E-state index in [-0.39, 0.29) is 5.91 Å². The van der Waals surface area contributed by atoms with Gasteiger partial charge in [0.25, 0.3) is 5.91 Å². The Bertz CT molecular complexity index is 889. The van der Waals surface area contributed by atoms with Crippen molar-refractivity contribution in [3.05, 3.63) is 81.6 Å². The molecule has 0 bridgehead atoms. The van der Waals surface area contributed by atoms with E-state index in [9.17, 15) is 4.79 Å². The van der Waals surface area contributed by atoms with Gasteiger partial charge >= 0.3 is 0 Å². The molecule has 0 saturated heterocycles. The second kappa shape index (κ2) is 7.07. The van der Waals surface area contributed by atoms with Crippen molar-refractivity contribution in [1.29, 1.82) is 0 Å². The highest BCUT2D eigenvalue weighted by Crippen LogP contribution is 2.18. The van der Waals surface area contributed by atoms with E-state index in [4.69, 9.17) is 23.2 Å². The summed E-state index contributed by atoms with van der Waals surface area (Å²) in [5, 5.41) is 8.44. The molecule has 0 aliphatic heterocycles. The predicted octanol–water partition coefficient (Wildman–Crippen LogP) is 4.42. The van der Waals surface area contributed by atoms with Gasteiger partial charge in [-0.3, -0.25) is 4.79 Å². The standard InChI is InChI=1S/C18H15Cl2N3O/c1-12-17(11-22-23(12)16-7-3-6-15(20)9-16)18(24)21-10-13-4-2-5-14(19)8-13/h2-9,11H,10H2,1H3,(H,21,24). The van der Waals surface area contributed by atoms with E-state index in [1.54, 1.807) is 29.1 Å². The fourth-order valence-electron chi connectivity index (χ4n) is 2.43. The quantitative estimate of drug-likeness (QED) is 0.749. The van der Waals surface area contributed by atoms with Crippen LogP contribution in [0.15, 0.2) is 54.7 Å². The molecule has 4 nitrogen and oxygen atoms in total. The van der Waals surface area contributed by atoms with Crippen LogP contribution in [0.1, 0.15) is 21.6 Å². The summed E-state index contributed by atoms with van der Waals surface area (Å²) in [5.41, 5.74) is 3.03. The first-order valence-corrected chi connectivity index (χ1v) is 8.13. The average Bonchev–Trinajstić information content (AvgIpc) is 2.94. The maximum Gasteiger partial charge on any atom is 0.255 e. The van der Waals surface area contributed by atoms with E-state index in [1.165, 1.54) is 0 Å². The molecule has 0 atom stereocenters. The molecule has 1 amide bonds. The number of halogens is 2. The highest BCUT2D eigenvalue weighted by Gasteiger charge is 2.15. The Balaban J connectivity index is 1.76. The first-order valence-electron chi connectivity index (χ1n) is 7.38. The zero-order valence-corrected chi connectivity index (χ0v) is 14.5. The van der Waals surface area contributed by atoms with Gasteiger partial charge in [-0.15, -0.1) is 0 Å². The van der Waals surface area contributed by atoms with Gasteiger partial charge in [-0.2, -0.15) is 5.10 Å². The van der Waals surface area contributed by atoms with Gasteiger partial charge in [-0.05, 0) is 42.8 Å². The number of amides is 1. The molecule has 0 aliphatic carbocycles. The van der Waals surface area contributed by atoms with Gasteiger partial charge in [0, 0.05) is 16.6 Å². The van der Waals surface area contributed by atoms with Crippen molar-refractivity contribution in [2.75, 3.05) is 0 Å². The summed E-state index contributed by atoms with van der Waals surface area (Å²) in [6.45, 7) is 2.25. The fourth-order valence-corrected chi connectivity index (χ4v) is 2.82. The van der Waals surface area contributed by atoms with Crippen LogP contribution in [-0.2, 0) is 6.54 Å². The van der Waals surface area contributed by atoms with Gasteiger partial charge in [-0.25, -0.2) is 4.68 Å². The van der Waals surface area contributed by atoms with Crippen molar-refractivity contribution in [1.82, 2.24) is 15.1 Å². The smallest absolute Gasteiger partial charge is 0.255 e. The molecule has 0 unspecified atom stereocenters. The van der Waals surface area contributed by atoms with Crippen LogP contribution in [0, 0.1) is 6.92 Å². The molecule has 0 aliphatic rings. The van der Waals surface area contributed by atoms with Crippen LogP contribution in [0.25, 0.3) is 5.69 Å². The van der Waals surface area contributed by atoms with Crippen LogP contribution in [0.3, 0.4) is 0 Å². The number of rotatable bonds is 4. The Morgan fingerprint density at radius 3 is 2.54 bits per heavy atom. The van der Waals surface area contributed by atoms with Crippen LogP contribution in [-0.4, -0.2) is 15.7 Å². The summed E-state index contributed by atoms with van der Waals surface area (Å²) in [4.78, 5) is 12.4. The van der Waals surface area contributed by atoms with Gasteiger partial charge in [0.2, 0.25) is 0 Å². The molecule has 0 radical (unpaired) electrons. The molecule has 0 fully saturated rings. The Morgan fingerprint density at radius 2 is 1.83 bits per heavy atom. The van der Waals surface area contributed by atoms with Crippen LogP contribution in [0.5, 0.6) is 0 Å². The average molecular weight is 360 g/mol. The van der Waals surface area contributed by atoms with Crippen molar-refractivity contribution in [3.63, 3.8) is 0 Å². The molecule has 3 aromatic rings. The fraction of sp³-hybridized carbons (Fsp3) is 0.111. The monoisotopic (exact) mass is 359 g/mol. The summed E-state index contributed by atoms with van der Waals surface area (Å²) in [6, 6.07) is 14.7. The number of hydrogen-bond donors (Lipinski definition) is 1. The number of hydrogen-bond acceptors (Lipinski definition) is 2. The van der Waals surface area contributed by atoms with E-state index in [2.05, 4.69) is 10.4 Å². The molecule has 122 valence electrons. The predicted molar refractivity (Wildman–Crippen MR) is 95.9 cm³/mol. The zero-order chi connectivity index (χ0) is 17.1. The molecule has 0 saturated carbocycles. The number of nitrogens with one attached hydrogen (secondary N) is 1. The number of benzene rings is 2. The molecule has 6 heteroatoms. The Hall–Kier alpha value is -2.30. The lowest BCUT2D eigenvalue weighted by Gasteiger charge is -2.07. The van der Waals surface area contributed by atoms with Crippen molar-refractivity contribution < 1.29 is 4.79 Å². The molecule has 0 spiro atoms. The third kappa shape index (κ3) is 3.61. The Labute approximate surface area is 150 Å². The zero-order valence-electron chi connectivity index (χ0n) is 13.0. The second-order valence-corrected chi connectivity index (χ2v) is 6.22. The van der Waals surface area contributed by atoms with Crippen LogP contribution in [0.4, 0.5) is 0 Å². The van der Waals surface area contributed by atoms with Gasteiger partial charge < -0.3 is 5.32 Å². The molecule has 1 N–H and O–H groups in total. The highest BCUT2D eigenvalue weighted by atomic mass is 35.5. The van der Waals surface area contributed by atoms with Crippen molar-refractivity contribution in [3.8, 4) is 5.69 Å². The van der Waals surface area contributed by atoms with Crippen molar-refractivity contribution in [2.24, 2.45) is 0 Å². The largest absolute Gasteiger partial charge is 0.348 e. The lowest BCUT2D eigenvalue weighted by atomic mass is 10.2. The summed E-state index contributed by atoms with van der Waals surface area (Å²) in [6.07, 6.45) is 1.56. The van der Waals surface area contributed by atoms with Gasteiger partial charge in [0.1, 0.15) is 0 Å². The number of nitrogens with zero attached hydrogens (tertiary/aromatic N) is 2. The van der Waals surface area contributed by atoms with Crippen molar-refractivity contribution in [2.45, 2.75) is 13.5 Å². The number of aromatic nitrogens is 2. The first-order chi connectivity index (χ1) is 11.5. The maximum atomic E-state index is 12.4. The SMILES string of the molecule is Cc1c(C(=O)NCc2cccc(Cl)c2)cnn1-c1cccc(Cl)c1. The van der Waals surface area contributed by atoms with Crippen LogP contribution >= 0.6 is 23.2 Å². The highest BCUT2D eigenvalue weighted by molar-refractivity contribution is 6.31. The van der Waals surface area contributed by atoms with Gasteiger partial charge in [-0.1, -0.05) is 41.4 Å². The minimum Gasteiger partial charge on any atom is -0.348 e. The number of carbonyl (C=O) groups is 1. The molecular formula is C18H15Cl2N3O. The topological polar surface area (TPSA) is 46.9 Å². The van der Waals surface area contributed by atoms with E-state index >= 15 is 0 Å². The summed E-state index contributed by atoms with van der Waals surface area (Å²) >= 11 is 12.0.